The van der Waals surface area contributed by atoms with Gasteiger partial charge in [-0.2, -0.15) is 0 Å². The van der Waals surface area contributed by atoms with Crippen molar-refractivity contribution in [3.05, 3.63) is 65.8 Å². The van der Waals surface area contributed by atoms with Crippen molar-refractivity contribution in [3.63, 3.8) is 0 Å². The fourth-order valence-corrected chi connectivity index (χ4v) is 6.10. The number of benzene rings is 1. The molecule has 4 atom stereocenters. The van der Waals surface area contributed by atoms with Crippen molar-refractivity contribution < 1.29 is 12.8 Å². The first-order valence-corrected chi connectivity index (χ1v) is 12.6. The molecular formula is C24H28N4O3S. The Bertz CT molecular complexity index is 1190. The summed E-state index contributed by atoms with van der Waals surface area (Å²) in [6, 6.07) is 13.0. The molecule has 1 aromatic carbocycles. The Kier molecular flexibility index (Phi) is 5.61. The number of sulfonamides is 1. The monoisotopic (exact) mass is 452 g/mol. The van der Waals surface area contributed by atoms with Crippen molar-refractivity contribution >= 4 is 10.0 Å². The second-order valence-corrected chi connectivity index (χ2v) is 10.7. The number of nitrogens with one attached hydrogen (secondary N) is 1. The van der Waals surface area contributed by atoms with Gasteiger partial charge in [-0.25, -0.2) is 23.1 Å². The summed E-state index contributed by atoms with van der Waals surface area (Å²) in [5.41, 5.74) is 2.91. The maximum absolute atomic E-state index is 12.7. The third kappa shape index (κ3) is 4.22. The van der Waals surface area contributed by atoms with Crippen LogP contribution in [0.4, 0.5) is 0 Å². The van der Waals surface area contributed by atoms with Crippen LogP contribution in [0.25, 0.3) is 11.5 Å². The van der Waals surface area contributed by atoms with Gasteiger partial charge in [0.25, 0.3) is 0 Å². The number of aromatic nitrogens is 2. The Morgan fingerprint density at radius 1 is 1.16 bits per heavy atom. The number of hydrogen-bond donors (Lipinski definition) is 1. The molecule has 5 heterocycles. The molecule has 7 nitrogen and oxygen atoms in total. The second kappa shape index (κ2) is 8.42. The first-order chi connectivity index (χ1) is 15.4. The van der Waals surface area contributed by atoms with E-state index >= 15 is 0 Å². The van der Waals surface area contributed by atoms with Crippen LogP contribution in [0.1, 0.15) is 35.8 Å². The lowest BCUT2D eigenvalue weighted by Gasteiger charge is -2.49. The zero-order valence-electron chi connectivity index (χ0n) is 18.4. The molecule has 0 aliphatic carbocycles. The maximum atomic E-state index is 12.7. The molecule has 32 heavy (non-hydrogen) atoms. The van der Waals surface area contributed by atoms with E-state index in [9.17, 15) is 8.42 Å². The van der Waals surface area contributed by atoms with Crippen LogP contribution in [-0.2, 0) is 10.0 Å². The summed E-state index contributed by atoms with van der Waals surface area (Å²) in [5.74, 6) is 2.30. The smallest absolute Gasteiger partial charge is 0.240 e. The van der Waals surface area contributed by atoms with E-state index < -0.39 is 10.0 Å². The molecule has 8 heteroatoms. The topological polar surface area (TPSA) is 88.3 Å². The second-order valence-electron chi connectivity index (χ2n) is 8.91. The Morgan fingerprint density at radius 3 is 2.66 bits per heavy atom. The minimum atomic E-state index is -3.50. The van der Waals surface area contributed by atoms with Gasteiger partial charge in [0.05, 0.1) is 11.2 Å². The number of rotatable bonds is 6. The predicted octanol–water partition coefficient (Wildman–Crippen LogP) is 3.51. The number of hydrogen-bond acceptors (Lipinski definition) is 6. The molecule has 0 spiro atoms. The fourth-order valence-electron chi connectivity index (χ4n) is 5.02. The van der Waals surface area contributed by atoms with Gasteiger partial charge in [-0.15, -0.1) is 0 Å². The Labute approximate surface area is 188 Å². The van der Waals surface area contributed by atoms with Gasteiger partial charge in [0.15, 0.2) is 5.76 Å². The lowest BCUT2D eigenvalue weighted by molar-refractivity contribution is 0.0317. The molecule has 3 aromatic rings. The van der Waals surface area contributed by atoms with E-state index in [1.807, 2.05) is 44.2 Å². The highest BCUT2D eigenvalue weighted by atomic mass is 32.2. The summed E-state index contributed by atoms with van der Waals surface area (Å²) in [5, 5.41) is 0. The first kappa shape index (κ1) is 21.3. The van der Waals surface area contributed by atoms with Gasteiger partial charge in [-0.3, -0.25) is 4.90 Å². The average Bonchev–Trinajstić information content (AvgIpc) is 3.33. The molecule has 2 bridgehead atoms. The average molecular weight is 453 g/mol. The van der Waals surface area contributed by atoms with E-state index in [4.69, 9.17) is 9.40 Å². The molecule has 3 aliphatic rings. The standard InChI is InChI=1S/C24H28N4O3S/c1-16-5-7-20(8-6-16)32(29,30)25-14-19-12-18-9-10-28(19)15-21(18)22-13-23(27-17(2)26-22)24-4-3-11-31-24/h3-8,11,13,18-19,21,25H,9-10,12,14-15H2,1-2H3. The molecule has 3 saturated heterocycles. The van der Waals surface area contributed by atoms with Crippen LogP contribution in [0.3, 0.4) is 0 Å². The van der Waals surface area contributed by atoms with E-state index in [1.54, 1.807) is 18.4 Å². The molecule has 2 aromatic heterocycles. The van der Waals surface area contributed by atoms with Crippen LogP contribution in [0.15, 0.2) is 58.0 Å². The van der Waals surface area contributed by atoms with Gasteiger partial charge in [0, 0.05) is 30.7 Å². The lowest BCUT2D eigenvalue weighted by Crippen LogP contribution is -2.56. The molecule has 1 N–H and O–H groups in total. The zero-order valence-corrected chi connectivity index (χ0v) is 19.2. The van der Waals surface area contributed by atoms with E-state index in [0.29, 0.717) is 23.3 Å². The summed E-state index contributed by atoms with van der Waals surface area (Å²) in [7, 11) is -3.50. The fraction of sp³-hybridized carbons (Fsp3) is 0.417. The van der Waals surface area contributed by atoms with E-state index in [-0.39, 0.29) is 6.04 Å². The number of furan rings is 1. The van der Waals surface area contributed by atoms with E-state index in [1.165, 1.54) is 0 Å². The molecule has 0 amide bonds. The summed E-state index contributed by atoms with van der Waals surface area (Å²) in [6.45, 7) is 6.17. The highest BCUT2D eigenvalue weighted by Gasteiger charge is 2.41. The van der Waals surface area contributed by atoms with Gasteiger partial charge in [0.2, 0.25) is 10.0 Å². The zero-order chi connectivity index (χ0) is 22.3. The van der Waals surface area contributed by atoms with Gasteiger partial charge in [-0.1, -0.05) is 17.7 Å². The van der Waals surface area contributed by atoms with Crippen molar-refractivity contribution in [1.82, 2.24) is 19.6 Å². The Hall–Kier alpha value is -2.55. The SMILES string of the molecule is Cc1ccc(S(=O)(=O)NCC2CC3CCN2CC3c2cc(-c3ccco3)nc(C)n2)cc1. The van der Waals surface area contributed by atoms with Gasteiger partial charge in [0.1, 0.15) is 11.5 Å². The number of piperidine rings is 3. The largest absolute Gasteiger partial charge is 0.463 e. The number of nitrogens with zero attached hydrogens (tertiary/aromatic N) is 3. The van der Waals surface area contributed by atoms with Crippen LogP contribution in [-0.4, -0.2) is 49.0 Å². The van der Waals surface area contributed by atoms with E-state index in [0.717, 1.165) is 54.5 Å². The van der Waals surface area contributed by atoms with Crippen LogP contribution in [0.2, 0.25) is 0 Å². The molecule has 0 saturated carbocycles. The number of aryl methyl sites for hydroxylation is 2. The third-order valence-electron chi connectivity index (χ3n) is 6.73. The summed E-state index contributed by atoms with van der Waals surface area (Å²) < 4.78 is 33.8. The van der Waals surface area contributed by atoms with Crippen molar-refractivity contribution in [2.24, 2.45) is 5.92 Å². The van der Waals surface area contributed by atoms with Crippen LogP contribution < -0.4 is 4.72 Å². The Balaban J connectivity index is 1.29. The molecule has 0 radical (unpaired) electrons. The maximum Gasteiger partial charge on any atom is 0.240 e. The van der Waals surface area contributed by atoms with Crippen molar-refractivity contribution in [2.45, 2.75) is 43.5 Å². The van der Waals surface area contributed by atoms with Crippen LogP contribution >= 0.6 is 0 Å². The molecule has 3 aliphatic heterocycles. The lowest BCUT2D eigenvalue weighted by atomic mass is 9.74. The molecule has 6 rings (SSSR count). The van der Waals surface area contributed by atoms with Gasteiger partial charge in [-0.05, 0) is 69.5 Å². The van der Waals surface area contributed by atoms with Gasteiger partial charge < -0.3 is 4.42 Å². The molecular weight excluding hydrogens is 424 g/mol. The molecule has 3 fully saturated rings. The van der Waals surface area contributed by atoms with Crippen molar-refractivity contribution in [2.75, 3.05) is 19.6 Å². The van der Waals surface area contributed by atoms with Crippen LogP contribution in [0.5, 0.6) is 0 Å². The molecule has 4 unspecified atom stereocenters. The molecule has 168 valence electrons. The minimum absolute atomic E-state index is 0.206. The highest BCUT2D eigenvalue weighted by molar-refractivity contribution is 7.89. The normalized spacial score (nSPS) is 25.2. The van der Waals surface area contributed by atoms with Gasteiger partial charge >= 0.3 is 0 Å². The Morgan fingerprint density at radius 2 is 1.97 bits per heavy atom. The number of fused-ring (bicyclic) bond motifs is 3. The predicted molar refractivity (Wildman–Crippen MR) is 122 cm³/mol. The first-order valence-electron chi connectivity index (χ1n) is 11.1. The quantitative estimate of drug-likeness (QED) is 0.616. The third-order valence-corrected chi connectivity index (χ3v) is 8.17. The highest BCUT2D eigenvalue weighted by Crippen LogP contribution is 2.41. The summed E-state index contributed by atoms with van der Waals surface area (Å²) in [6.07, 6.45) is 3.72. The van der Waals surface area contributed by atoms with E-state index in [2.05, 4.69) is 14.6 Å². The van der Waals surface area contributed by atoms with Crippen LogP contribution in [0, 0.1) is 19.8 Å². The van der Waals surface area contributed by atoms with Crippen molar-refractivity contribution in [3.8, 4) is 11.5 Å². The summed E-state index contributed by atoms with van der Waals surface area (Å²) in [4.78, 5) is 12.0. The van der Waals surface area contributed by atoms with Crippen molar-refractivity contribution in [1.29, 1.82) is 0 Å². The summed E-state index contributed by atoms with van der Waals surface area (Å²) >= 11 is 0. The minimum Gasteiger partial charge on any atom is -0.463 e.